The van der Waals surface area contributed by atoms with Crippen molar-refractivity contribution in [2.45, 2.75) is 63.8 Å². The second kappa shape index (κ2) is 7.90. The van der Waals surface area contributed by atoms with E-state index in [1.54, 1.807) is 7.11 Å². The number of ether oxygens (including phenoxy) is 1. The van der Waals surface area contributed by atoms with Crippen LogP contribution in [-0.2, 0) is 16.0 Å². The van der Waals surface area contributed by atoms with Gasteiger partial charge in [-0.3, -0.25) is 9.59 Å². The van der Waals surface area contributed by atoms with Gasteiger partial charge in [-0.15, -0.1) is 0 Å². The van der Waals surface area contributed by atoms with Crippen LogP contribution in [0.5, 0.6) is 5.75 Å². The minimum Gasteiger partial charge on any atom is -0.496 e. The first kappa shape index (κ1) is 19.9. The maximum Gasteiger partial charge on any atom is 0.242 e. The molecule has 0 aromatic heterocycles. The summed E-state index contributed by atoms with van der Waals surface area (Å²) in [7, 11) is 1.67. The van der Waals surface area contributed by atoms with Gasteiger partial charge in [-0.2, -0.15) is 0 Å². The lowest BCUT2D eigenvalue weighted by Crippen LogP contribution is -2.57. The van der Waals surface area contributed by atoms with Gasteiger partial charge in [0.05, 0.1) is 12.5 Å². The van der Waals surface area contributed by atoms with Crippen molar-refractivity contribution in [2.24, 2.45) is 23.2 Å². The van der Waals surface area contributed by atoms with E-state index in [0.29, 0.717) is 12.5 Å². The van der Waals surface area contributed by atoms with Crippen LogP contribution < -0.4 is 10.1 Å². The zero-order valence-electron chi connectivity index (χ0n) is 18.1. The van der Waals surface area contributed by atoms with Crippen molar-refractivity contribution in [3.63, 3.8) is 0 Å². The van der Waals surface area contributed by atoms with E-state index in [1.165, 1.54) is 19.3 Å². The average Bonchev–Trinajstić information content (AvgIpc) is 3.22. The van der Waals surface area contributed by atoms with Crippen molar-refractivity contribution in [1.29, 1.82) is 0 Å². The second-order valence-electron chi connectivity index (χ2n) is 10.2. The number of amides is 2. The molecular weight excluding hydrogens is 376 g/mol. The lowest BCUT2D eigenvalue weighted by molar-refractivity contribution is -0.160. The number of hydrogen-bond acceptors (Lipinski definition) is 3. The minimum atomic E-state index is -0.289. The Morgan fingerprint density at radius 3 is 2.43 bits per heavy atom. The highest BCUT2D eigenvalue weighted by molar-refractivity contribution is 5.91. The van der Waals surface area contributed by atoms with Crippen molar-refractivity contribution in [3.8, 4) is 5.75 Å². The molecule has 0 spiro atoms. The van der Waals surface area contributed by atoms with Gasteiger partial charge >= 0.3 is 0 Å². The maximum absolute atomic E-state index is 13.7. The van der Waals surface area contributed by atoms with Crippen molar-refractivity contribution >= 4 is 11.8 Å². The molecule has 1 aromatic carbocycles. The van der Waals surface area contributed by atoms with Gasteiger partial charge in [-0.25, -0.2) is 0 Å². The summed E-state index contributed by atoms with van der Waals surface area (Å²) >= 11 is 0. The third kappa shape index (κ3) is 3.50. The highest BCUT2D eigenvalue weighted by atomic mass is 16.5. The lowest BCUT2D eigenvalue weighted by Gasteiger charge is -2.56. The molecule has 1 atom stereocenters. The van der Waals surface area contributed by atoms with Gasteiger partial charge < -0.3 is 15.0 Å². The number of benzene rings is 1. The predicted octanol–water partition coefficient (Wildman–Crippen LogP) is 3.56. The molecule has 1 aliphatic heterocycles. The summed E-state index contributed by atoms with van der Waals surface area (Å²) in [6, 6.07) is 7.63. The summed E-state index contributed by atoms with van der Waals surface area (Å²) in [6.45, 7) is 1.31. The molecule has 0 radical (unpaired) electrons. The average molecular weight is 411 g/mol. The number of nitrogens with one attached hydrogen (secondary N) is 1. The molecule has 2 amide bonds. The van der Waals surface area contributed by atoms with Gasteiger partial charge in [0.1, 0.15) is 11.8 Å². The molecule has 1 unspecified atom stereocenters. The fourth-order valence-corrected chi connectivity index (χ4v) is 7.31. The van der Waals surface area contributed by atoms with Crippen molar-refractivity contribution in [1.82, 2.24) is 10.2 Å². The van der Waals surface area contributed by atoms with E-state index < -0.39 is 0 Å². The number of para-hydroxylation sites is 1. The van der Waals surface area contributed by atoms with Crippen LogP contribution in [0.2, 0.25) is 0 Å². The molecule has 5 fully saturated rings. The third-order valence-electron chi connectivity index (χ3n) is 8.19. The van der Waals surface area contributed by atoms with Gasteiger partial charge in [0.2, 0.25) is 11.8 Å². The van der Waals surface area contributed by atoms with E-state index in [1.807, 2.05) is 29.2 Å². The Labute approximate surface area is 179 Å². The summed E-state index contributed by atoms with van der Waals surface area (Å²) in [5, 5.41) is 3.09. The fraction of sp³-hybridized carbons (Fsp3) is 0.680. The van der Waals surface area contributed by atoms with E-state index in [2.05, 4.69) is 5.32 Å². The molecule has 5 aliphatic rings. The Morgan fingerprint density at radius 2 is 1.77 bits per heavy atom. The lowest BCUT2D eigenvalue weighted by atomic mass is 9.49. The van der Waals surface area contributed by atoms with E-state index in [-0.39, 0.29) is 17.4 Å². The van der Waals surface area contributed by atoms with Crippen LogP contribution in [0.3, 0.4) is 0 Å². The Balaban J connectivity index is 1.22. The van der Waals surface area contributed by atoms with Crippen LogP contribution in [0.1, 0.15) is 56.9 Å². The number of rotatable bonds is 6. The Bertz CT molecular complexity index is 785. The first-order valence-corrected chi connectivity index (χ1v) is 11.8. The first-order valence-electron chi connectivity index (χ1n) is 11.8. The van der Waals surface area contributed by atoms with Crippen molar-refractivity contribution < 1.29 is 14.3 Å². The van der Waals surface area contributed by atoms with Gasteiger partial charge in [0, 0.05) is 13.1 Å². The Hall–Kier alpha value is -2.04. The van der Waals surface area contributed by atoms with Crippen LogP contribution in [0.4, 0.5) is 0 Å². The maximum atomic E-state index is 13.7. The molecule has 1 N–H and O–H groups in total. The molecule has 1 heterocycles. The van der Waals surface area contributed by atoms with Crippen LogP contribution in [0.15, 0.2) is 24.3 Å². The fourth-order valence-electron chi connectivity index (χ4n) is 7.31. The third-order valence-corrected chi connectivity index (χ3v) is 8.19. The zero-order valence-corrected chi connectivity index (χ0v) is 18.1. The van der Waals surface area contributed by atoms with Gasteiger partial charge in [-0.05, 0) is 87.2 Å². The second-order valence-corrected chi connectivity index (χ2v) is 10.2. The Morgan fingerprint density at radius 1 is 1.10 bits per heavy atom. The largest absolute Gasteiger partial charge is 0.496 e. The number of carbonyl (C=O) groups excluding carboxylic acids is 2. The minimum absolute atomic E-state index is 0.0143. The topological polar surface area (TPSA) is 58.6 Å². The number of nitrogens with zero attached hydrogens (tertiary/aromatic N) is 1. The van der Waals surface area contributed by atoms with Crippen molar-refractivity contribution in [3.05, 3.63) is 29.8 Å². The number of carbonyl (C=O) groups is 2. The van der Waals surface area contributed by atoms with E-state index >= 15 is 0 Å². The smallest absolute Gasteiger partial charge is 0.242 e. The highest BCUT2D eigenvalue weighted by Crippen LogP contribution is 2.60. The Kier molecular flexibility index (Phi) is 5.24. The van der Waals surface area contributed by atoms with Crippen LogP contribution in [-0.4, -0.2) is 43.0 Å². The summed E-state index contributed by atoms with van der Waals surface area (Å²) in [4.78, 5) is 28.7. The molecule has 4 aliphatic carbocycles. The van der Waals surface area contributed by atoms with E-state index in [0.717, 1.165) is 74.1 Å². The van der Waals surface area contributed by atoms with Crippen LogP contribution in [0.25, 0.3) is 0 Å². The monoisotopic (exact) mass is 410 g/mol. The molecule has 162 valence electrons. The molecule has 4 bridgehead atoms. The normalized spacial score (nSPS) is 34.2. The van der Waals surface area contributed by atoms with Crippen LogP contribution in [0, 0.1) is 23.2 Å². The number of hydrogen-bond donors (Lipinski definition) is 1. The summed E-state index contributed by atoms with van der Waals surface area (Å²) in [5.74, 6) is 3.40. The summed E-state index contributed by atoms with van der Waals surface area (Å²) < 4.78 is 5.40. The summed E-state index contributed by atoms with van der Waals surface area (Å²) in [5.41, 5.74) is 0.933. The zero-order chi connectivity index (χ0) is 20.7. The number of methoxy groups -OCH3 is 1. The quantitative estimate of drug-likeness (QED) is 0.780. The van der Waals surface area contributed by atoms with E-state index in [9.17, 15) is 9.59 Å². The SMILES string of the molecule is COc1ccccc1CCNC(=O)C1CCCN1C(=O)C12CC3CC(CC(C3)C1)C2. The molecule has 1 aromatic rings. The summed E-state index contributed by atoms with van der Waals surface area (Å²) in [6.07, 6.45) is 9.65. The molecule has 6 rings (SSSR count). The van der Waals surface area contributed by atoms with Gasteiger partial charge in [0.25, 0.3) is 0 Å². The first-order chi connectivity index (χ1) is 14.6. The molecule has 5 heteroatoms. The van der Waals surface area contributed by atoms with E-state index in [4.69, 9.17) is 4.74 Å². The number of likely N-dealkylation sites (tertiary alicyclic amines) is 1. The van der Waals surface area contributed by atoms with Crippen molar-refractivity contribution in [2.75, 3.05) is 20.2 Å². The highest BCUT2D eigenvalue weighted by Gasteiger charge is 2.56. The molecule has 4 saturated carbocycles. The molecular formula is C25H34N2O3. The predicted molar refractivity (Wildman–Crippen MR) is 115 cm³/mol. The van der Waals surface area contributed by atoms with Crippen LogP contribution >= 0.6 is 0 Å². The van der Waals surface area contributed by atoms with Gasteiger partial charge in [0.15, 0.2) is 0 Å². The standard InChI is InChI=1S/C25H34N2O3/c1-30-22-7-3-2-5-20(22)8-9-26-23(28)21-6-4-10-27(21)24(29)25-14-17-11-18(15-25)13-19(12-17)16-25/h2-3,5,7,17-19,21H,4,6,8-16H2,1H3,(H,26,28). The molecule has 30 heavy (non-hydrogen) atoms. The molecule has 5 nitrogen and oxygen atoms in total. The van der Waals surface area contributed by atoms with Gasteiger partial charge in [-0.1, -0.05) is 18.2 Å². The molecule has 1 saturated heterocycles.